The molecule has 0 aliphatic carbocycles. The van der Waals surface area contributed by atoms with Gasteiger partial charge in [-0.25, -0.2) is 4.79 Å². The van der Waals surface area contributed by atoms with Gasteiger partial charge in [-0.3, -0.25) is 9.59 Å². The fourth-order valence-electron chi connectivity index (χ4n) is 1.18. The fraction of sp³-hybridized carbons (Fsp3) is 0.300. The van der Waals surface area contributed by atoms with Crippen LogP contribution in [0, 0.1) is 0 Å². The van der Waals surface area contributed by atoms with Crippen molar-refractivity contribution in [3.63, 3.8) is 0 Å². The highest BCUT2D eigenvalue weighted by Crippen LogP contribution is 2.03. The number of carboxylic acids is 1. The van der Waals surface area contributed by atoms with E-state index >= 15 is 0 Å². The van der Waals surface area contributed by atoms with Crippen molar-refractivity contribution in [3.8, 4) is 0 Å². The summed E-state index contributed by atoms with van der Waals surface area (Å²) in [7, 11) is 0. The molecule has 0 saturated heterocycles. The number of hydrogen-bond donors (Lipinski definition) is 3. The van der Waals surface area contributed by atoms with Crippen LogP contribution in [0.4, 0.5) is 0 Å². The molecule has 0 bridgehead atoms. The number of carboxylic acid groups (broad SMARTS) is 1. The van der Waals surface area contributed by atoms with Gasteiger partial charge in [0.15, 0.2) is 0 Å². The molecule has 1 rings (SSSR count). The van der Waals surface area contributed by atoms with Gasteiger partial charge >= 0.3 is 5.97 Å². The summed E-state index contributed by atoms with van der Waals surface area (Å²) in [5.41, 5.74) is 5.12. The molecule has 0 spiro atoms. The summed E-state index contributed by atoms with van der Waals surface area (Å²) in [6.07, 6.45) is 2.34. The van der Waals surface area contributed by atoms with Gasteiger partial charge in [0.05, 0.1) is 11.8 Å². The first-order chi connectivity index (χ1) is 8.00. The Labute approximate surface area is 96.6 Å². The number of hydrogen-bond acceptors (Lipinski definition) is 4. The summed E-state index contributed by atoms with van der Waals surface area (Å²) in [4.78, 5) is 32.9. The van der Waals surface area contributed by atoms with E-state index in [2.05, 4.69) is 5.32 Å². The molecule has 4 N–H and O–H groups in total. The lowest BCUT2D eigenvalue weighted by Gasteiger charge is -2.12. The SMILES string of the molecule is NC(=O)CC[C@@H](NC(=O)c1ccoc1)C(=O)O. The van der Waals surface area contributed by atoms with E-state index in [1.807, 2.05) is 0 Å². The summed E-state index contributed by atoms with van der Waals surface area (Å²) >= 11 is 0. The van der Waals surface area contributed by atoms with Crippen molar-refractivity contribution in [1.29, 1.82) is 0 Å². The summed E-state index contributed by atoms with van der Waals surface area (Å²) in [5.74, 6) is -2.41. The molecule has 0 aromatic carbocycles. The Morgan fingerprint density at radius 2 is 2.18 bits per heavy atom. The molecule has 0 aliphatic rings. The number of amides is 2. The van der Waals surface area contributed by atoms with Crippen LogP contribution in [0.15, 0.2) is 23.0 Å². The van der Waals surface area contributed by atoms with Crippen LogP contribution in [0.1, 0.15) is 23.2 Å². The molecular formula is C10H12N2O5. The number of rotatable bonds is 6. The molecule has 7 heteroatoms. The molecule has 1 aromatic heterocycles. The molecular weight excluding hydrogens is 228 g/mol. The Morgan fingerprint density at radius 3 is 2.65 bits per heavy atom. The number of furan rings is 1. The van der Waals surface area contributed by atoms with E-state index < -0.39 is 23.8 Å². The van der Waals surface area contributed by atoms with Crippen molar-refractivity contribution in [2.75, 3.05) is 0 Å². The summed E-state index contributed by atoms with van der Waals surface area (Å²) in [6.45, 7) is 0. The van der Waals surface area contributed by atoms with E-state index in [1.165, 1.54) is 18.6 Å². The second kappa shape index (κ2) is 5.69. The Kier molecular flexibility index (Phi) is 4.27. The quantitative estimate of drug-likeness (QED) is 0.631. The van der Waals surface area contributed by atoms with Crippen LogP contribution < -0.4 is 11.1 Å². The molecule has 0 radical (unpaired) electrons. The third kappa shape index (κ3) is 3.98. The van der Waals surface area contributed by atoms with Crippen LogP contribution in [0.2, 0.25) is 0 Å². The van der Waals surface area contributed by atoms with Crippen molar-refractivity contribution in [2.45, 2.75) is 18.9 Å². The lowest BCUT2D eigenvalue weighted by atomic mass is 10.1. The minimum absolute atomic E-state index is 0.0474. The summed E-state index contributed by atoms with van der Waals surface area (Å²) < 4.78 is 4.69. The molecule has 0 saturated carbocycles. The number of aliphatic carboxylic acids is 1. The van der Waals surface area contributed by atoms with Crippen LogP contribution in [-0.2, 0) is 9.59 Å². The zero-order chi connectivity index (χ0) is 12.8. The van der Waals surface area contributed by atoms with Gasteiger partial charge in [0.2, 0.25) is 5.91 Å². The maximum absolute atomic E-state index is 11.5. The van der Waals surface area contributed by atoms with Gasteiger partial charge < -0.3 is 20.6 Å². The largest absolute Gasteiger partial charge is 0.480 e. The monoisotopic (exact) mass is 240 g/mol. The molecule has 92 valence electrons. The van der Waals surface area contributed by atoms with Gasteiger partial charge in [-0.1, -0.05) is 0 Å². The molecule has 0 unspecified atom stereocenters. The number of carbonyl (C=O) groups excluding carboxylic acids is 2. The first kappa shape index (κ1) is 12.8. The van der Waals surface area contributed by atoms with Crippen molar-refractivity contribution >= 4 is 17.8 Å². The van der Waals surface area contributed by atoms with E-state index in [4.69, 9.17) is 15.3 Å². The zero-order valence-corrected chi connectivity index (χ0v) is 8.88. The van der Waals surface area contributed by atoms with Crippen molar-refractivity contribution < 1.29 is 23.9 Å². The Hall–Kier alpha value is -2.31. The second-order valence-corrected chi connectivity index (χ2v) is 3.38. The highest BCUT2D eigenvalue weighted by atomic mass is 16.4. The smallest absolute Gasteiger partial charge is 0.326 e. The van der Waals surface area contributed by atoms with Crippen LogP contribution in [0.5, 0.6) is 0 Å². The number of nitrogens with two attached hydrogens (primary N) is 1. The lowest BCUT2D eigenvalue weighted by Crippen LogP contribution is -2.41. The molecule has 1 aromatic rings. The lowest BCUT2D eigenvalue weighted by molar-refractivity contribution is -0.139. The first-order valence-corrected chi connectivity index (χ1v) is 4.85. The highest BCUT2D eigenvalue weighted by molar-refractivity contribution is 5.96. The number of carbonyl (C=O) groups is 3. The third-order valence-electron chi connectivity index (χ3n) is 2.07. The molecule has 0 fully saturated rings. The second-order valence-electron chi connectivity index (χ2n) is 3.38. The van der Waals surface area contributed by atoms with Crippen LogP contribution >= 0.6 is 0 Å². The standard InChI is InChI=1S/C10H12N2O5/c11-8(13)2-1-7(10(15)16)12-9(14)6-3-4-17-5-6/h3-5,7H,1-2H2,(H2,11,13)(H,12,14)(H,15,16)/t7-/m1/s1. The molecule has 1 atom stereocenters. The molecule has 7 nitrogen and oxygen atoms in total. The Balaban J connectivity index is 2.58. The zero-order valence-electron chi connectivity index (χ0n) is 8.88. The number of primary amides is 1. The maximum Gasteiger partial charge on any atom is 0.326 e. The summed E-state index contributed by atoms with van der Waals surface area (Å²) in [6, 6.07) is 0.257. The predicted molar refractivity (Wildman–Crippen MR) is 56.0 cm³/mol. The molecule has 1 heterocycles. The fourth-order valence-corrected chi connectivity index (χ4v) is 1.18. The van der Waals surface area contributed by atoms with Gasteiger partial charge in [0, 0.05) is 6.42 Å². The Morgan fingerprint density at radius 1 is 1.47 bits per heavy atom. The van der Waals surface area contributed by atoms with Crippen LogP contribution in [-0.4, -0.2) is 28.9 Å². The third-order valence-corrected chi connectivity index (χ3v) is 2.07. The minimum Gasteiger partial charge on any atom is -0.480 e. The van der Waals surface area contributed by atoms with Gasteiger partial charge in [-0.15, -0.1) is 0 Å². The predicted octanol–water partition coefficient (Wildman–Crippen LogP) is -0.272. The minimum atomic E-state index is -1.22. The van der Waals surface area contributed by atoms with Crippen molar-refractivity contribution in [2.24, 2.45) is 5.73 Å². The summed E-state index contributed by atoms with van der Waals surface area (Å²) in [5, 5.41) is 11.1. The average molecular weight is 240 g/mol. The van der Waals surface area contributed by atoms with Gasteiger partial charge in [0.1, 0.15) is 12.3 Å². The molecule has 2 amide bonds. The van der Waals surface area contributed by atoms with E-state index in [9.17, 15) is 14.4 Å². The van der Waals surface area contributed by atoms with Crippen molar-refractivity contribution in [1.82, 2.24) is 5.32 Å². The Bertz CT molecular complexity index is 412. The average Bonchev–Trinajstić information content (AvgIpc) is 2.76. The molecule has 0 aliphatic heterocycles. The topological polar surface area (TPSA) is 123 Å². The van der Waals surface area contributed by atoms with E-state index in [0.717, 1.165) is 0 Å². The molecule has 17 heavy (non-hydrogen) atoms. The first-order valence-electron chi connectivity index (χ1n) is 4.85. The van der Waals surface area contributed by atoms with Crippen LogP contribution in [0.3, 0.4) is 0 Å². The maximum atomic E-state index is 11.5. The van der Waals surface area contributed by atoms with Gasteiger partial charge in [-0.05, 0) is 12.5 Å². The number of nitrogens with one attached hydrogen (secondary N) is 1. The highest BCUT2D eigenvalue weighted by Gasteiger charge is 2.21. The van der Waals surface area contributed by atoms with E-state index in [1.54, 1.807) is 0 Å². The van der Waals surface area contributed by atoms with Crippen molar-refractivity contribution in [3.05, 3.63) is 24.2 Å². The van der Waals surface area contributed by atoms with Gasteiger partial charge in [0.25, 0.3) is 5.91 Å². The van der Waals surface area contributed by atoms with Crippen LogP contribution in [0.25, 0.3) is 0 Å². The normalized spacial score (nSPS) is 11.8. The van der Waals surface area contributed by atoms with Gasteiger partial charge in [-0.2, -0.15) is 0 Å². The van der Waals surface area contributed by atoms with E-state index in [-0.39, 0.29) is 18.4 Å². The van der Waals surface area contributed by atoms with E-state index in [0.29, 0.717) is 0 Å².